The predicted molar refractivity (Wildman–Crippen MR) is 98.5 cm³/mol. The molecular formula is C20H26N2O2. The number of carbonyl (C=O) groups is 1. The first-order valence-electron chi connectivity index (χ1n) is 8.45. The monoisotopic (exact) mass is 326 g/mol. The summed E-state index contributed by atoms with van der Waals surface area (Å²) in [5.41, 5.74) is 2.03. The number of benzene rings is 2. The molecule has 0 spiro atoms. The van der Waals surface area contributed by atoms with E-state index in [2.05, 4.69) is 22.8 Å². The molecule has 2 N–H and O–H groups in total. The topological polar surface area (TPSA) is 50.4 Å². The highest BCUT2D eigenvalue weighted by Crippen LogP contribution is 2.24. The highest BCUT2D eigenvalue weighted by molar-refractivity contribution is 5.93. The van der Waals surface area contributed by atoms with Crippen LogP contribution < -0.4 is 15.4 Å². The van der Waals surface area contributed by atoms with Gasteiger partial charge >= 0.3 is 0 Å². The minimum absolute atomic E-state index is 0.0606. The quantitative estimate of drug-likeness (QED) is 0.692. The summed E-state index contributed by atoms with van der Waals surface area (Å²) in [6.07, 6.45) is 2.09. The van der Waals surface area contributed by atoms with Gasteiger partial charge in [-0.1, -0.05) is 42.5 Å². The van der Waals surface area contributed by atoms with Gasteiger partial charge in [-0.05, 0) is 50.9 Å². The molecular weight excluding hydrogens is 300 g/mol. The first-order valence-corrected chi connectivity index (χ1v) is 8.45. The molecule has 1 amide bonds. The van der Waals surface area contributed by atoms with Crippen LogP contribution in [0.2, 0.25) is 0 Å². The van der Waals surface area contributed by atoms with Gasteiger partial charge in [-0.15, -0.1) is 0 Å². The van der Waals surface area contributed by atoms with Gasteiger partial charge in [0.05, 0.1) is 18.3 Å². The fourth-order valence-corrected chi connectivity index (χ4v) is 2.39. The summed E-state index contributed by atoms with van der Waals surface area (Å²) >= 11 is 0. The number of amides is 1. The Morgan fingerprint density at radius 2 is 1.75 bits per heavy atom. The molecule has 0 aliphatic carbocycles. The number of para-hydroxylation sites is 2. The molecule has 0 unspecified atom stereocenters. The van der Waals surface area contributed by atoms with E-state index in [1.54, 1.807) is 0 Å². The van der Waals surface area contributed by atoms with Crippen molar-refractivity contribution in [1.29, 1.82) is 0 Å². The summed E-state index contributed by atoms with van der Waals surface area (Å²) in [6, 6.07) is 17.9. The summed E-state index contributed by atoms with van der Waals surface area (Å²) in [4.78, 5) is 12.1. The number of carbonyl (C=O) groups excluding carboxylic acids is 1. The van der Waals surface area contributed by atoms with Gasteiger partial charge < -0.3 is 15.4 Å². The van der Waals surface area contributed by atoms with Gasteiger partial charge in [0.1, 0.15) is 5.75 Å². The SMILES string of the molecule is CC(C)Oc1ccccc1NC(=O)CNCCCc1ccccc1. The van der Waals surface area contributed by atoms with Gasteiger partial charge in [-0.3, -0.25) is 4.79 Å². The molecule has 2 rings (SSSR count). The highest BCUT2D eigenvalue weighted by Gasteiger charge is 2.08. The van der Waals surface area contributed by atoms with Crippen molar-refractivity contribution in [3.05, 3.63) is 60.2 Å². The smallest absolute Gasteiger partial charge is 0.238 e. The van der Waals surface area contributed by atoms with Crippen molar-refractivity contribution in [3.63, 3.8) is 0 Å². The molecule has 0 bridgehead atoms. The molecule has 0 radical (unpaired) electrons. The molecule has 4 nitrogen and oxygen atoms in total. The molecule has 0 fully saturated rings. The summed E-state index contributed by atoms with van der Waals surface area (Å²) in [6.45, 7) is 5.04. The standard InChI is InChI=1S/C20H26N2O2/c1-16(2)24-19-13-7-6-12-18(19)22-20(23)15-21-14-8-11-17-9-4-3-5-10-17/h3-7,9-10,12-13,16,21H,8,11,14-15H2,1-2H3,(H,22,23). The van der Waals surface area contributed by atoms with E-state index in [1.807, 2.05) is 56.3 Å². The Hall–Kier alpha value is -2.33. The second-order valence-corrected chi connectivity index (χ2v) is 5.98. The molecule has 0 aromatic heterocycles. The fraction of sp³-hybridized carbons (Fsp3) is 0.350. The van der Waals surface area contributed by atoms with Gasteiger partial charge in [0.2, 0.25) is 5.91 Å². The number of ether oxygens (including phenoxy) is 1. The van der Waals surface area contributed by atoms with Crippen molar-refractivity contribution >= 4 is 11.6 Å². The third-order valence-electron chi connectivity index (χ3n) is 3.47. The molecule has 2 aromatic rings. The maximum atomic E-state index is 12.1. The molecule has 0 aliphatic heterocycles. The van der Waals surface area contributed by atoms with Crippen LogP contribution >= 0.6 is 0 Å². The van der Waals surface area contributed by atoms with E-state index in [-0.39, 0.29) is 12.0 Å². The maximum absolute atomic E-state index is 12.1. The number of nitrogens with one attached hydrogen (secondary N) is 2. The van der Waals surface area contributed by atoms with Crippen molar-refractivity contribution in [3.8, 4) is 5.75 Å². The lowest BCUT2D eigenvalue weighted by molar-refractivity contribution is -0.115. The molecule has 128 valence electrons. The Bertz CT molecular complexity index is 627. The largest absolute Gasteiger partial charge is 0.489 e. The average Bonchev–Trinajstić information content (AvgIpc) is 2.57. The summed E-state index contributed by atoms with van der Waals surface area (Å²) in [7, 11) is 0. The first-order chi connectivity index (χ1) is 11.6. The Morgan fingerprint density at radius 3 is 2.50 bits per heavy atom. The molecule has 24 heavy (non-hydrogen) atoms. The second kappa shape index (κ2) is 9.73. The zero-order valence-corrected chi connectivity index (χ0v) is 14.4. The van der Waals surface area contributed by atoms with Gasteiger partial charge in [-0.25, -0.2) is 0 Å². The van der Waals surface area contributed by atoms with Gasteiger partial charge in [-0.2, -0.15) is 0 Å². The Morgan fingerprint density at radius 1 is 1.04 bits per heavy atom. The summed E-state index contributed by atoms with van der Waals surface area (Å²) in [5, 5.41) is 6.08. The van der Waals surface area contributed by atoms with Crippen LogP contribution in [-0.2, 0) is 11.2 Å². The first kappa shape index (κ1) is 18.0. The lowest BCUT2D eigenvalue weighted by atomic mass is 10.1. The van der Waals surface area contributed by atoms with Crippen LogP contribution in [-0.4, -0.2) is 25.1 Å². The van der Waals surface area contributed by atoms with E-state index in [9.17, 15) is 4.79 Å². The van der Waals surface area contributed by atoms with Crippen LogP contribution in [0.15, 0.2) is 54.6 Å². The minimum Gasteiger partial charge on any atom is -0.489 e. The van der Waals surface area contributed by atoms with Crippen LogP contribution in [0.5, 0.6) is 5.75 Å². The van der Waals surface area contributed by atoms with E-state index < -0.39 is 0 Å². The third kappa shape index (κ3) is 6.42. The molecule has 2 aromatic carbocycles. The van der Waals surface area contributed by atoms with Gasteiger partial charge in [0.15, 0.2) is 0 Å². The van der Waals surface area contributed by atoms with E-state index in [0.717, 1.165) is 19.4 Å². The molecule has 0 saturated heterocycles. The minimum atomic E-state index is -0.0606. The van der Waals surface area contributed by atoms with E-state index >= 15 is 0 Å². The number of aryl methyl sites for hydroxylation is 1. The van der Waals surface area contributed by atoms with Crippen molar-refractivity contribution in [2.45, 2.75) is 32.8 Å². The average molecular weight is 326 g/mol. The van der Waals surface area contributed by atoms with Crippen molar-refractivity contribution in [2.75, 3.05) is 18.4 Å². The predicted octanol–water partition coefficient (Wildman–Crippen LogP) is 3.63. The Labute approximate surface area is 144 Å². The van der Waals surface area contributed by atoms with Crippen LogP contribution in [0.4, 0.5) is 5.69 Å². The van der Waals surface area contributed by atoms with Crippen LogP contribution in [0, 0.1) is 0 Å². The van der Waals surface area contributed by atoms with E-state index in [4.69, 9.17) is 4.74 Å². The molecule has 4 heteroatoms. The zero-order chi connectivity index (χ0) is 17.2. The summed E-state index contributed by atoms with van der Waals surface area (Å²) in [5.74, 6) is 0.638. The van der Waals surface area contributed by atoms with Gasteiger partial charge in [0, 0.05) is 0 Å². The van der Waals surface area contributed by atoms with Crippen LogP contribution in [0.3, 0.4) is 0 Å². The summed E-state index contributed by atoms with van der Waals surface area (Å²) < 4.78 is 5.70. The van der Waals surface area contributed by atoms with Crippen LogP contribution in [0.1, 0.15) is 25.8 Å². The third-order valence-corrected chi connectivity index (χ3v) is 3.47. The number of anilines is 1. The van der Waals surface area contributed by atoms with Crippen molar-refractivity contribution < 1.29 is 9.53 Å². The highest BCUT2D eigenvalue weighted by atomic mass is 16.5. The number of rotatable bonds is 9. The fourth-order valence-electron chi connectivity index (χ4n) is 2.39. The van der Waals surface area contributed by atoms with Crippen molar-refractivity contribution in [2.24, 2.45) is 0 Å². The van der Waals surface area contributed by atoms with E-state index in [0.29, 0.717) is 18.0 Å². The van der Waals surface area contributed by atoms with Crippen molar-refractivity contribution in [1.82, 2.24) is 5.32 Å². The maximum Gasteiger partial charge on any atom is 0.238 e. The second-order valence-electron chi connectivity index (χ2n) is 5.98. The molecule has 0 aliphatic rings. The normalized spacial score (nSPS) is 10.6. The van der Waals surface area contributed by atoms with Crippen LogP contribution in [0.25, 0.3) is 0 Å². The lowest BCUT2D eigenvalue weighted by Crippen LogP contribution is -2.29. The van der Waals surface area contributed by atoms with E-state index in [1.165, 1.54) is 5.56 Å². The van der Waals surface area contributed by atoms with Gasteiger partial charge in [0.25, 0.3) is 0 Å². The Balaban J connectivity index is 1.70. The zero-order valence-electron chi connectivity index (χ0n) is 14.4. The lowest BCUT2D eigenvalue weighted by Gasteiger charge is -2.15. The number of hydrogen-bond acceptors (Lipinski definition) is 3. The molecule has 0 atom stereocenters. The Kier molecular flexibility index (Phi) is 7.30. The molecule has 0 saturated carbocycles. The number of hydrogen-bond donors (Lipinski definition) is 2. The molecule has 0 heterocycles.